The molecule has 31 heavy (non-hydrogen) atoms. The summed E-state index contributed by atoms with van der Waals surface area (Å²) in [6, 6.07) is 17.4. The van der Waals surface area contributed by atoms with E-state index in [1.165, 1.54) is 0 Å². The molecule has 1 aliphatic rings. The number of urea groups is 1. The second-order valence-electron chi connectivity index (χ2n) is 8.04. The van der Waals surface area contributed by atoms with Gasteiger partial charge in [-0.2, -0.15) is 0 Å². The standard InChI is InChI=1S/C24H28N6O/c1-17-4-5-18(2)22(16-17)26-24(31)25-20-8-6-19(7-9-20)21-10-11-23(28-27-21)30-14-12-29(3)13-15-30/h4-11,16H,12-15H2,1-3H3,(H2,25,26,31). The molecule has 0 radical (unpaired) electrons. The largest absolute Gasteiger partial charge is 0.353 e. The van der Waals surface area contributed by atoms with Gasteiger partial charge in [0.2, 0.25) is 0 Å². The number of carbonyl (C=O) groups excluding carboxylic acids is 1. The highest BCUT2D eigenvalue weighted by Crippen LogP contribution is 2.22. The summed E-state index contributed by atoms with van der Waals surface area (Å²) < 4.78 is 0. The van der Waals surface area contributed by atoms with E-state index in [0.717, 1.165) is 60.1 Å². The van der Waals surface area contributed by atoms with E-state index in [2.05, 4.69) is 37.7 Å². The van der Waals surface area contributed by atoms with Gasteiger partial charge in [0, 0.05) is 43.1 Å². The zero-order valence-electron chi connectivity index (χ0n) is 18.2. The minimum absolute atomic E-state index is 0.266. The minimum atomic E-state index is -0.266. The third kappa shape index (κ3) is 5.19. The van der Waals surface area contributed by atoms with Gasteiger partial charge in [0.05, 0.1) is 5.69 Å². The Morgan fingerprint density at radius 3 is 2.29 bits per heavy atom. The first-order valence-electron chi connectivity index (χ1n) is 10.5. The molecule has 0 aliphatic carbocycles. The normalized spacial score (nSPS) is 14.4. The van der Waals surface area contributed by atoms with Crippen LogP contribution in [-0.2, 0) is 0 Å². The van der Waals surface area contributed by atoms with Crippen molar-refractivity contribution in [2.45, 2.75) is 13.8 Å². The van der Waals surface area contributed by atoms with Crippen molar-refractivity contribution in [3.63, 3.8) is 0 Å². The summed E-state index contributed by atoms with van der Waals surface area (Å²) >= 11 is 0. The first-order chi connectivity index (χ1) is 15.0. The fourth-order valence-corrected chi connectivity index (χ4v) is 3.56. The topological polar surface area (TPSA) is 73.4 Å². The first kappa shape index (κ1) is 20.8. The fraction of sp³-hybridized carbons (Fsp3) is 0.292. The Labute approximate surface area is 183 Å². The molecule has 0 bridgehead atoms. The minimum Gasteiger partial charge on any atom is -0.353 e. The van der Waals surface area contributed by atoms with Gasteiger partial charge in [-0.05, 0) is 62.4 Å². The van der Waals surface area contributed by atoms with Gasteiger partial charge in [0.15, 0.2) is 5.82 Å². The van der Waals surface area contributed by atoms with Crippen LogP contribution in [0.5, 0.6) is 0 Å². The Balaban J connectivity index is 1.37. The lowest BCUT2D eigenvalue weighted by molar-refractivity contribution is 0.262. The molecular weight excluding hydrogens is 388 g/mol. The Morgan fingerprint density at radius 2 is 1.61 bits per heavy atom. The average molecular weight is 417 g/mol. The van der Waals surface area contributed by atoms with Crippen LogP contribution < -0.4 is 15.5 Å². The summed E-state index contributed by atoms with van der Waals surface area (Å²) in [4.78, 5) is 16.9. The highest BCUT2D eigenvalue weighted by Gasteiger charge is 2.15. The maximum atomic E-state index is 12.4. The molecule has 7 heteroatoms. The summed E-state index contributed by atoms with van der Waals surface area (Å²) in [5.74, 6) is 0.915. The lowest BCUT2D eigenvalue weighted by Gasteiger charge is -2.32. The number of nitrogens with zero attached hydrogens (tertiary/aromatic N) is 4. The number of hydrogen-bond acceptors (Lipinski definition) is 5. The van der Waals surface area contributed by atoms with Crippen molar-refractivity contribution in [2.24, 2.45) is 0 Å². The van der Waals surface area contributed by atoms with Crippen LogP contribution in [0.3, 0.4) is 0 Å². The zero-order chi connectivity index (χ0) is 21.8. The average Bonchev–Trinajstić information content (AvgIpc) is 2.77. The van der Waals surface area contributed by atoms with Crippen LogP contribution in [-0.4, -0.2) is 54.4 Å². The monoisotopic (exact) mass is 416 g/mol. The molecule has 2 N–H and O–H groups in total. The van der Waals surface area contributed by atoms with Gasteiger partial charge in [0.25, 0.3) is 0 Å². The molecule has 1 fully saturated rings. The molecular formula is C24H28N6O. The molecule has 0 spiro atoms. The highest BCUT2D eigenvalue weighted by molar-refractivity contribution is 6.00. The lowest BCUT2D eigenvalue weighted by atomic mass is 10.1. The molecule has 1 aromatic heterocycles. The first-order valence-corrected chi connectivity index (χ1v) is 10.5. The molecule has 2 heterocycles. The van der Waals surface area contributed by atoms with E-state index in [1.807, 2.05) is 68.4 Å². The number of rotatable bonds is 4. The Kier molecular flexibility index (Phi) is 6.13. The van der Waals surface area contributed by atoms with E-state index >= 15 is 0 Å². The zero-order valence-corrected chi connectivity index (χ0v) is 18.2. The highest BCUT2D eigenvalue weighted by atomic mass is 16.2. The SMILES string of the molecule is Cc1ccc(C)c(NC(=O)Nc2ccc(-c3ccc(N4CCN(C)CC4)nn3)cc2)c1. The number of anilines is 3. The van der Waals surface area contributed by atoms with Gasteiger partial charge < -0.3 is 20.4 Å². The number of amides is 2. The van der Waals surface area contributed by atoms with Crippen LogP contribution in [0.4, 0.5) is 22.0 Å². The van der Waals surface area contributed by atoms with Crippen LogP contribution >= 0.6 is 0 Å². The molecule has 0 atom stereocenters. The molecule has 0 saturated carbocycles. The number of piperazine rings is 1. The number of aromatic nitrogens is 2. The van der Waals surface area contributed by atoms with Gasteiger partial charge in [-0.25, -0.2) is 4.79 Å². The summed E-state index contributed by atoms with van der Waals surface area (Å²) in [6.07, 6.45) is 0. The summed E-state index contributed by atoms with van der Waals surface area (Å²) in [5.41, 5.74) is 5.42. The van der Waals surface area contributed by atoms with Gasteiger partial charge in [-0.3, -0.25) is 0 Å². The summed E-state index contributed by atoms with van der Waals surface area (Å²) in [5, 5.41) is 14.6. The molecule has 1 saturated heterocycles. The second kappa shape index (κ2) is 9.14. The molecule has 7 nitrogen and oxygen atoms in total. The van der Waals surface area contributed by atoms with Crippen molar-refractivity contribution < 1.29 is 4.79 Å². The van der Waals surface area contributed by atoms with Crippen molar-refractivity contribution in [1.82, 2.24) is 15.1 Å². The van der Waals surface area contributed by atoms with Crippen molar-refractivity contribution in [1.29, 1.82) is 0 Å². The Bertz CT molecular complexity index is 1040. The van der Waals surface area contributed by atoms with E-state index in [9.17, 15) is 4.79 Å². The molecule has 0 unspecified atom stereocenters. The van der Waals surface area contributed by atoms with Crippen LogP contribution in [0.25, 0.3) is 11.3 Å². The summed E-state index contributed by atoms with van der Waals surface area (Å²) in [6.45, 7) is 7.98. The van der Waals surface area contributed by atoms with E-state index in [0.29, 0.717) is 5.69 Å². The maximum Gasteiger partial charge on any atom is 0.323 e. The Hall–Kier alpha value is -3.45. The Morgan fingerprint density at radius 1 is 0.871 bits per heavy atom. The van der Waals surface area contributed by atoms with Crippen LogP contribution in [0.15, 0.2) is 54.6 Å². The lowest BCUT2D eigenvalue weighted by Crippen LogP contribution is -2.44. The van der Waals surface area contributed by atoms with Crippen molar-refractivity contribution in [3.05, 3.63) is 65.7 Å². The molecule has 4 rings (SSSR count). The third-order valence-corrected chi connectivity index (χ3v) is 5.56. The molecule has 160 valence electrons. The van der Waals surface area contributed by atoms with Gasteiger partial charge in [-0.1, -0.05) is 24.3 Å². The van der Waals surface area contributed by atoms with E-state index in [-0.39, 0.29) is 6.03 Å². The van der Waals surface area contributed by atoms with Crippen LogP contribution in [0, 0.1) is 13.8 Å². The van der Waals surface area contributed by atoms with Crippen LogP contribution in [0.1, 0.15) is 11.1 Å². The van der Waals surface area contributed by atoms with Gasteiger partial charge in [0.1, 0.15) is 0 Å². The van der Waals surface area contributed by atoms with Crippen molar-refractivity contribution in [3.8, 4) is 11.3 Å². The van der Waals surface area contributed by atoms with Crippen molar-refractivity contribution in [2.75, 3.05) is 48.8 Å². The quantitative estimate of drug-likeness (QED) is 0.668. The predicted molar refractivity (Wildman–Crippen MR) is 126 cm³/mol. The van der Waals surface area contributed by atoms with E-state index in [1.54, 1.807) is 0 Å². The van der Waals surface area contributed by atoms with Gasteiger partial charge >= 0.3 is 6.03 Å². The fourth-order valence-electron chi connectivity index (χ4n) is 3.56. The number of benzene rings is 2. The number of nitrogens with one attached hydrogen (secondary N) is 2. The number of hydrogen-bond donors (Lipinski definition) is 2. The smallest absolute Gasteiger partial charge is 0.323 e. The predicted octanol–water partition coefficient (Wildman–Crippen LogP) is 4.16. The van der Waals surface area contributed by atoms with Crippen LogP contribution in [0.2, 0.25) is 0 Å². The molecule has 1 aliphatic heterocycles. The molecule has 2 aromatic carbocycles. The van der Waals surface area contributed by atoms with Crippen molar-refractivity contribution >= 4 is 23.2 Å². The number of carbonyl (C=O) groups is 1. The second-order valence-corrected chi connectivity index (χ2v) is 8.04. The maximum absolute atomic E-state index is 12.4. The number of likely N-dealkylation sites (N-methyl/N-ethyl adjacent to an activating group) is 1. The van der Waals surface area contributed by atoms with Gasteiger partial charge in [-0.15, -0.1) is 10.2 Å². The van der Waals surface area contributed by atoms with E-state index < -0.39 is 0 Å². The summed E-state index contributed by atoms with van der Waals surface area (Å²) in [7, 11) is 2.14. The molecule has 2 amide bonds. The third-order valence-electron chi connectivity index (χ3n) is 5.56. The van der Waals surface area contributed by atoms with E-state index in [4.69, 9.17) is 0 Å². The molecule has 3 aromatic rings. The number of aryl methyl sites for hydroxylation is 2.